The van der Waals surface area contributed by atoms with Crippen molar-refractivity contribution in [3.05, 3.63) is 63.1 Å². The third kappa shape index (κ3) is 3.68. The first-order chi connectivity index (χ1) is 12.4. The van der Waals surface area contributed by atoms with E-state index in [1.54, 1.807) is 24.3 Å². The summed E-state index contributed by atoms with van der Waals surface area (Å²) >= 11 is 4.84. The largest absolute Gasteiger partial charge is 0.443 e. The van der Waals surface area contributed by atoms with Gasteiger partial charge in [0.05, 0.1) is 16.9 Å². The van der Waals surface area contributed by atoms with E-state index in [1.165, 1.54) is 11.8 Å². The zero-order valence-electron chi connectivity index (χ0n) is 14.2. The fraction of sp³-hybridized carbons (Fsp3) is 0.211. The summed E-state index contributed by atoms with van der Waals surface area (Å²) in [5.74, 6) is -1.26. The number of carbonyl (C=O) groups is 3. The van der Waals surface area contributed by atoms with Crippen molar-refractivity contribution in [1.29, 1.82) is 0 Å². The first-order valence-electron chi connectivity index (χ1n) is 7.89. The predicted octanol–water partition coefficient (Wildman–Crippen LogP) is 3.95. The van der Waals surface area contributed by atoms with E-state index in [0.29, 0.717) is 11.1 Å². The quantitative estimate of drug-likeness (QED) is 0.405. The van der Waals surface area contributed by atoms with Crippen molar-refractivity contribution in [2.45, 2.75) is 18.7 Å². The highest BCUT2D eigenvalue weighted by molar-refractivity contribution is 9.10. The molecular weight excluding hydrogens is 418 g/mol. The van der Waals surface area contributed by atoms with Crippen LogP contribution in [0.5, 0.6) is 0 Å². The van der Waals surface area contributed by atoms with Gasteiger partial charge in [0.1, 0.15) is 0 Å². The molecule has 0 unspecified atom stereocenters. The molecular formula is C19H16BrNO4S. The van der Waals surface area contributed by atoms with Gasteiger partial charge in [-0.3, -0.25) is 14.4 Å². The van der Waals surface area contributed by atoms with E-state index in [4.69, 9.17) is 4.74 Å². The number of amides is 2. The SMILES string of the molecule is Cc1cc(SCC(=O)OCN2C(=O)c3ccccc3C2=O)c(C)cc1Br. The predicted molar refractivity (Wildman–Crippen MR) is 102 cm³/mol. The molecule has 0 spiro atoms. The standard InChI is InChI=1S/C19H16BrNO4S/c1-11-8-16(12(2)7-15(11)20)26-9-17(22)25-10-21-18(23)13-5-3-4-6-14(13)19(21)24/h3-8H,9-10H2,1-2H3. The van der Waals surface area contributed by atoms with Crippen LogP contribution >= 0.6 is 27.7 Å². The average Bonchev–Trinajstić information content (AvgIpc) is 2.86. The van der Waals surface area contributed by atoms with E-state index in [1.807, 2.05) is 26.0 Å². The van der Waals surface area contributed by atoms with E-state index in [2.05, 4.69) is 15.9 Å². The van der Waals surface area contributed by atoms with Crippen molar-refractivity contribution in [3.8, 4) is 0 Å². The topological polar surface area (TPSA) is 63.7 Å². The minimum absolute atomic E-state index is 0.102. The number of halogens is 1. The maximum Gasteiger partial charge on any atom is 0.318 e. The third-order valence-corrected chi connectivity index (χ3v) is 6.02. The lowest BCUT2D eigenvalue weighted by atomic mass is 10.1. The number of fused-ring (bicyclic) bond motifs is 1. The Balaban J connectivity index is 1.56. The summed E-state index contributed by atoms with van der Waals surface area (Å²) in [5, 5.41) is 0. The number of hydrogen-bond donors (Lipinski definition) is 0. The number of esters is 1. The summed E-state index contributed by atoms with van der Waals surface area (Å²) in [6.45, 7) is 3.58. The summed E-state index contributed by atoms with van der Waals surface area (Å²) in [5.41, 5.74) is 2.81. The van der Waals surface area contributed by atoms with Gasteiger partial charge in [-0.2, -0.15) is 0 Å². The Kier molecular flexibility index (Phi) is 5.48. The van der Waals surface area contributed by atoms with Gasteiger partial charge >= 0.3 is 5.97 Å². The minimum atomic E-state index is -0.480. The first kappa shape index (κ1) is 18.7. The number of benzene rings is 2. The van der Waals surface area contributed by atoms with Gasteiger partial charge in [0.15, 0.2) is 6.73 Å². The smallest absolute Gasteiger partial charge is 0.318 e. The molecule has 2 amide bonds. The van der Waals surface area contributed by atoms with Gasteiger partial charge in [-0.1, -0.05) is 28.1 Å². The molecule has 134 valence electrons. The zero-order valence-corrected chi connectivity index (χ0v) is 16.6. The molecule has 0 N–H and O–H groups in total. The molecule has 5 nitrogen and oxygen atoms in total. The first-order valence-corrected chi connectivity index (χ1v) is 9.66. The van der Waals surface area contributed by atoms with Gasteiger partial charge in [-0.05, 0) is 49.2 Å². The van der Waals surface area contributed by atoms with Gasteiger partial charge in [-0.25, -0.2) is 4.90 Å². The molecule has 0 radical (unpaired) electrons. The maximum absolute atomic E-state index is 12.2. The second-order valence-electron chi connectivity index (χ2n) is 5.88. The van der Waals surface area contributed by atoms with Crippen LogP contribution in [0.1, 0.15) is 31.8 Å². The molecule has 26 heavy (non-hydrogen) atoms. The lowest BCUT2D eigenvalue weighted by Gasteiger charge is -2.14. The van der Waals surface area contributed by atoms with Crippen LogP contribution in [-0.2, 0) is 9.53 Å². The summed E-state index contributed by atoms with van der Waals surface area (Å²) in [6, 6.07) is 10.6. The highest BCUT2D eigenvalue weighted by Crippen LogP contribution is 2.28. The van der Waals surface area contributed by atoms with Crippen LogP contribution in [0.3, 0.4) is 0 Å². The van der Waals surface area contributed by atoms with Gasteiger partial charge in [-0.15, -0.1) is 11.8 Å². The van der Waals surface area contributed by atoms with Gasteiger partial charge < -0.3 is 4.74 Å². The van der Waals surface area contributed by atoms with Crippen molar-refractivity contribution in [3.63, 3.8) is 0 Å². The van der Waals surface area contributed by atoms with E-state index in [0.717, 1.165) is 25.4 Å². The van der Waals surface area contributed by atoms with Crippen molar-refractivity contribution in [1.82, 2.24) is 4.90 Å². The molecule has 0 aliphatic carbocycles. The number of imide groups is 1. The molecule has 0 bridgehead atoms. The van der Waals surface area contributed by atoms with E-state index in [9.17, 15) is 14.4 Å². The number of carbonyl (C=O) groups excluding carboxylic acids is 3. The molecule has 0 aromatic heterocycles. The molecule has 7 heteroatoms. The fourth-order valence-electron chi connectivity index (χ4n) is 2.58. The van der Waals surface area contributed by atoms with Crippen molar-refractivity contribution < 1.29 is 19.1 Å². The Morgan fingerprint density at radius 3 is 2.31 bits per heavy atom. The molecule has 2 aromatic carbocycles. The average molecular weight is 434 g/mol. The van der Waals surface area contributed by atoms with Crippen molar-refractivity contribution >= 4 is 45.5 Å². The molecule has 0 atom stereocenters. The number of hydrogen-bond acceptors (Lipinski definition) is 5. The third-order valence-electron chi connectivity index (χ3n) is 4.03. The van der Waals surface area contributed by atoms with E-state index in [-0.39, 0.29) is 12.5 Å². The zero-order chi connectivity index (χ0) is 18.8. The summed E-state index contributed by atoms with van der Waals surface area (Å²) < 4.78 is 6.15. The van der Waals surface area contributed by atoms with E-state index < -0.39 is 17.8 Å². The number of ether oxygens (including phenoxy) is 1. The minimum Gasteiger partial charge on any atom is -0.443 e. The molecule has 2 aromatic rings. The molecule has 1 heterocycles. The van der Waals surface area contributed by atoms with Gasteiger partial charge in [0, 0.05) is 9.37 Å². The Hall–Kier alpha value is -2.12. The second kappa shape index (κ2) is 7.63. The lowest BCUT2D eigenvalue weighted by molar-refractivity contribution is -0.142. The van der Waals surface area contributed by atoms with Crippen LogP contribution in [0.2, 0.25) is 0 Å². The Bertz CT molecular complexity index is 877. The highest BCUT2D eigenvalue weighted by atomic mass is 79.9. The van der Waals surface area contributed by atoms with Crippen LogP contribution in [-0.4, -0.2) is 35.2 Å². The Labute approximate surface area is 163 Å². The van der Waals surface area contributed by atoms with Gasteiger partial charge in [0.2, 0.25) is 0 Å². The molecule has 1 aliphatic heterocycles. The van der Waals surface area contributed by atoms with Crippen LogP contribution in [0, 0.1) is 13.8 Å². The lowest BCUT2D eigenvalue weighted by Crippen LogP contribution is -2.33. The number of thioether (sulfide) groups is 1. The van der Waals surface area contributed by atoms with Crippen molar-refractivity contribution in [2.24, 2.45) is 0 Å². The number of nitrogens with zero attached hydrogens (tertiary/aromatic N) is 1. The molecule has 3 rings (SSSR count). The highest BCUT2D eigenvalue weighted by Gasteiger charge is 2.35. The Morgan fingerprint density at radius 2 is 1.69 bits per heavy atom. The van der Waals surface area contributed by atoms with E-state index >= 15 is 0 Å². The second-order valence-corrected chi connectivity index (χ2v) is 7.76. The Morgan fingerprint density at radius 1 is 1.08 bits per heavy atom. The normalized spacial score (nSPS) is 13.1. The summed E-state index contributed by atoms with van der Waals surface area (Å²) in [4.78, 5) is 38.4. The van der Waals surface area contributed by atoms with Crippen LogP contribution in [0.15, 0.2) is 45.8 Å². The number of aryl methyl sites for hydroxylation is 2. The van der Waals surface area contributed by atoms with Crippen LogP contribution in [0.25, 0.3) is 0 Å². The molecule has 0 saturated heterocycles. The van der Waals surface area contributed by atoms with Crippen LogP contribution in [0.4, 0.5) is 0 Å². The monoisotopic (exact) mass is 433 g/mol. The summed E-state index contributed by atoms with van der Waals surface area (Å²) in [6.07, 6.45) is 0. The van der Waals surface area contributed by atoms with Gasteiger partial charge in [0.25, 0.3) is 11.8 Å². The number of rotatable bonds is 5. The molecule has 1 aliphatic rings. The fourth-order valence-corrected chi connectivity index (χ4v) is 3.94. The summed E-state index contributed by atoms with van der Waals surface area (Å²) in [7, 11) is 0. The molecule has 0 saturated carbocycles. The maximum atomic E-state index is 12.2. The molecule has 0 fully saturated rings. The van der Waals surface area contributed by atoms with Crippen LogP contribution < -0.4 is 0 Å². The van der Waals surface area contributed by atoms with Crippen molar-refractivity contribution in [2.75, 3.05) is 12.5 Å².